The average Bonchev–Trinajstić information content (AvgIpc) is 2.38. The second kappa shape index (κ2) is 8.89. The molecule has 4 heteroatoms. The van der Waals surface area contributed by atoms with Crippen molar-refractivity contribution in [3.63, 3.8) is 0 Å². The molecule has 17 heavy (non-hydrogen) atoms. The van der Waals surface area contributed by atoms with Crippen LogP contribution in [-0.4, -0.2) is 31.7 Å². The molecule has 0 aromatic rings. The fourth-order valence-corrected chi connectivity index (χ4v) is 0.986. The summed E-state index contributed by atoms with van der Waals surface area (Å²) in [4.78, 5) is 9.02. The van der Waals surface area contributed by atoms with Crippen LogP contribution in [0.3, 0.4) is 0 Å². The van der Waals surface area contributed by atoms with Gasteiger partial charge in [-0.3, -0.25) is 4.99 Å². The van der Waals surface area contributed by atoms with E-state index in [1.165, 1.54) is 0 Å². The van der Waals surface area contributed by atoms with E-state index in [0.29, 0.717) is 25.9 Å². The van der Waals surface area contributed by atoms with Crippen LogP contribution >= 0.6 is 0 Å². The molecule has 0 amide bonds. The number of hydrogen-bond donors (Lipinski definition) is 1. The maximum absolute atomic E-state index is 5.04. The van der Waals surface area contributed by atoms with E-state index in [2.05, 4.69) is 45.1 Å². The van der Waals surface area contributed by atoms with Crippen molar-refractivity contribution in [2.75, 3.05) is 19.7 Å². The Morgan fingerprint density at radius 2 is 2.18 bits per heavy atom. The fraction of sp³-hybridized carbons (Fsp3) is 0.385. The normalized spacial score (nSPS) is 14.6. The zero-order valence-electron chi connectivity index (χ0n) is 9.49. The van der Waals surface area contributed by atoms with Gasteiger partial charge in [0.1, 0.15) is 0 Å². The number of nitrogens with zero attached hydrogens (tertiary/aromatic N) is 2. The number of aliphatic imine (C=N–C) groups is 1. The van der Waals surface area contributed by atoms with Crippen LogP contribution in [0.1, 0.15) is 12.8 Å². The van der Waals surface area contributed by atoms with E-state index < -0.39 is 0 Å². The van der Waals surface area contributed by atoms with E-state index in [-0.39, 0.29) is 6.61 Å². The van der Waals surface area contributed by atoms with Crippen LogP contribution < -0.4 is 5.32 Å². The van der Waals surface area contributed by atoms with Gasteiger partial charge in [-0.25, -0.2) is 0 Å². The average molecular weight is 227 g/mol. The lowest BCUT2D eigenvalue weighted by atomic mass is 10.3. The van der Waals surface area contributed by atoms with Crippen molar-refractivity contribution in [1.82, 2.24) is 5.32 Å². The summed E-state index contributed by atoms with van der Waals surface area (Å²) in [6, 6.07) is 0. The minimum atomic E-state index is 0.268. The Hall–Kier alpha value is -2.38. The molecule has 0 saturated heterocycles. The molecular weight excluding hydrogens is 214 g/mol. The maximum atomic E-state index is 5.04. The summed E-state index contributed by atoms with van der Waals surface area (Å²) in [5.74, 6) is 13.7. The van der Waals surface area contributed by atoms with Crippen LogP contribution in [0.15, 0.2) is 10.1 Å². The first-order valence-electron chi connectivity index (χ1n) is 5.18. The lowest BCUT2D eigenvalue weighted by molar-refractivity contribution is 0.178. The summed E-state index contributed by atoms with van der Waals surface area (Å²) in [6.45, 7) is 1.52. The third-order valence-electron chi connectivity index (χ3n) is 1.71. The summed E-state index contributed by atoms with van der Waals surface area (Å²) in [5.41, 5.74) is 0.864. The predicted molar refractivity (Wildman–Crippen MR) is 68.4 cm³/mol. The smallest absolute Gasteiger partial charge is 0.177 e. The minimum absolute atomic E-state index is 0.268. The van der Waals surface area contributed by atoms with E-state index in [9.17, 15) is 0 Å². The number of hydrogen-bond acceptors (Lipinski definition) is 4. The van der Waals surface area contributed by atoms with Gasteiger partial charge in [0, 0.05) is 0 Å². The Bertz CT molecular complexity index is 449. The minimum Gasteiger partial charge on any atom is -0.383 e. The molecule has 0 saturated carbocycles. The Morgan fingerprint density at radius 1 is 1.35 bits per heavy atom. The largest absolute Gasteiger partial charge is 0.383 e. The van der Waals surface area contributed by atoms with E-state index in [0.717, 1.165) is 5.71 Å². The van der Waals surface area contributed by atoms with Gasteiger partial charge in [-0.1, -0.05) is 34.8 Å². The van der Waals surface area contributed by atoms with Crippen molar-refractivity contribution in [3.05, 3.63) is 0 Å². The summed E-state index contributed by atoms with van der Waals surface area (Å²) < 4.78 is 0. The zero-order chi connectivity index (χ0) is 12.2. The van der Waals surface area contributed by atoms with Crippen LogP contribution in [-0.2, 0) is 4.84 Å². The van der Waals surface area contributed by atoms with Gasteiger partial charge < -0.3 is 10.2 Å². The van der Waals surface area contributed by atoms with Crippen molar-refractivity contribution in [1.29, 1.82) is 0 Å². The number of rotatable bonds is 2. The molecule has 0 radical (unpaired) electrons. The Kier molecular flexibility index (Phi) is 6.64. The highest BCUT2D eigenvalue weighted by Gasteiger charge is 2.00. The van der Waals surface area contributed by atoms with Crippen LogP contribution in [0.5, 0.6) is 0 Å². The molecule has 0 aromatic heterocycles. The van der Waals surface area contributed by atoms with Crippen LogP contribution in [0, 0.1) is 36.0 Å². The highest BCUT2D eigenvalue weighted by molar-refractivity contribution is 5.92. The highest BCUT2D eigenvalue weighted by atomic mass is 16.6. The molecule has 4 nitrogen and oxygen atoms in total. The first-order valence-corrected chi connectivity index (χ1v) is 5.18. The van der Waals surface area contributed by atoms with E-state index in [1.807, 2.05) is 0 Å². The Labute approximate surface area is 102 Å². The number of nitrogens with one attached hydrogen (secondary N) is 1. The molecule has 1 heterocycles. The summed E-state index contributed by atoms with van der Waals surface area (Å²) in [6.07, 6.45) is 7.68. The summed E-state index contributed by atoms with van der Waals surface area (Å²) in [7, 11) is 0. The summed E-state index contributed by atoms with van der Waals surface area (Å²) >= 11 is 0. The second-order valence-corrected chi connectivity index (χ2v) is 3.05. The molecular formula is C13H13N3O. The highest BCUT2D eigenvalue weighted by Crippen LogP contribution is 1.86. The first kappa shape index (κ1) is 12.7. The van der Waals surface area contributed by atoms with Crippen LogP contribution in [0.25, 0.3) is 0 Å². The Balaban J connectivity index is 2.12. The van der Waals surface area contributed by atoms with E-state index in [1.54, 1.807) is 6.34 Å². The SMILES string of the molecule is C#CCC#CCC#CCO/N=C1/CN=CNC1. The summed E-state index contributed by atoms with van der Waals surface area (Å²) in [5, 5.41) is 6.85. The molecule has 0 spiro atoms. The van der Waals surface area contributed by atoms with Gasteiger partial charge in [0.15, 0.2) is 6.61 Å². The number of terminal acetylenes is 1. The van der Waals surface area contributed by atoms with Gasteiger partial charge in [-0.2, -0.15) is 0 Å². The van der Waals surface area contributed by atoms with Crippen LogP contribution in [0.4, 0.5) is 0 Å². The molecule has 0 fully saturated rings. The molecule has 1 rings (SSSR count). The molecule has 86 valence electrons. The van der Waals surface area contributed by atoms with Gasteiger partial charge in [-0.05, 0) is 0 Å². The third kappa shape index (κ3) is 6.66. The molecule has 1 aliphatic heterocycles. The molecule has 0 atom stereocenters. The topological polar surface area (TPSA) is 46.0 Å². The van der Waals surface area contributed by atoms with E-state index >= 15 is 0 Å². The molecule has 1 aliphatic rings. The number of oxime groups is 1. The van der Waals surface area contributed by atoms with Crippen molar-refractivity contribution < 1.29 is 4.84 Å². The lowest BCUT2D eigenvalue weighted by Crippen LogP contribution is -2.28. The second-order valence-electron chi connectivity index (χ2n) is 3.05. The quantitative estimate of drug-likeness (QED) is 0.422. The van der Waals surface area contributed by atoms with Crippen molar-refractivity contribution in [3.8, 4) is 36.0 Å². The molecule has 0 aliphatic carbocycles. The van der Waals surface area contributed by atoms with Gasteiger partial charge in [0.25, 0.3) is 0 Å². The fourth-order valence-electron chi connectivity index (χ4n) is 0.986. The predicted octanol–water partition coefficient (Wildman–Crippen LogP) is 0.411. The molecule has 0 aromatic carbocycles. The lowest BCUT2D eigenvalue weighted by Gasteiger charge is -2.07. The van der Waals surface area contributed by atoms with Gasteiger partial charge in [-0.15, -0.1) is 6.42 Å². The van der Waals surface area contributed by atoms with Crippen molar-refractivity contribution in [2.45, 2.75) is 12.8 Å². The van der Waals surface area contributed by atoms with Crippen molar-refractivity contribution in [2.24, 2.45) is 10.1 Å². The monoisotopic (exact) mass is 227 g/mol. The van der Waals surface area contributed by atoms with Crippen molar-refractivity contribution >= 4 is 12.1 Å². The van der Waals surface area contributed by atoms with Gasteiger partial charge >= 0.3 is 0 Å². The maximum Gasteiger partial charge on any atom is 0.177 e. The standard InChI is InChI=1S/C13H13N3O/c1-2-3-4-5-6-7-8-9-17-16-13-10-14-12-15-11-13/h1,12H,3,6,9-11H2,(H,14,15). The van der Waals surface area contributed by atoms with Gasteiger partial charge in [0.2, 0.25) is 0 Å². The first-order chi connectivity index (χ1) is 8.43. The molecule has 0 unspecified atom stereocenters. The van der Waals surface area contributed by atoms with Crippen LogP contribution in [0.2, 0.25) is 0 Å². The van der Waals surface area contributed by atoms with Gasteiger partial charge in [0.05, 0.1) is 38.0 Å². The molecule has 1 N–H and O–H groups in total. The molecule has 0 bridgehead atoms. The zero-order valence-corrected chi connectivity index (χ0v) is 9.49. The van der Waals surface area contributed by atoms with E-state index in [4.69, 9.17) is 11.3 Å². The third-order valence-corrected chi connectivity index (χ3v) is 1.71. The Morgan fingerprint density at radius 3 is 2.94 bits per heavy atom.